The smallest absolute Gasteiger partial charge is 0.139 e. The first kappa shape index (κ1) is 12.8. The summed E-state index contributed by atoms with van der Waals surface area (Å²) < 4.78 is 10.9. The van der Waals surface area contributed by atoms with Crippen LogP contribution in [0.15, 0.2) is 18.2 Å². The number of nitrogens with two attached hydrogens (primary N) is 1. The van der Waals surface area contributed by atoms with Crippen LogP contribution < -0.4 is 25.8 Å². The Hall–Kier alpha value is -1.30. The molecule has 0 radical (unpaired) electrons. The lowest BCUT2D eigenvalue weighted by atomic mass is 10.2. The molecule has 0 fully saturated rings. The highest BCUT2D eigenvalue weighted by atomic mass is 16.5. The molecule has 0 bridgehead atoms. The summed E-state index contributed by atoms with van der Waals surface area (Å²) in [6.07, 6.45) is 0. The van der Waals surface area contributed by atoms with E-state index in [-0.39, 0.29) is 0 Å². The first-order valence-corrected chi connectivity index (χ1v) is 5.19. The number of rotatable bonds is 7. The normalized spacial score (nSPS) is 10.2. The molecule has 0 aromatic heterocycles. The van der Waals surface area contributed by atoms with Gasteiger partial charge in [0.1, 0.15) is 25.0 Å². The highest BCUT2D eigenvalue weighted by molar-refractivity contribution is 5.38. The number of benzene rings is 1. The monoisotopic (exact) mass is 225 g/mol. The maximum Gasteiger partial charge on any atom is 0.139 e. The molecule has 0 saturated heterocycles. The van der Waals surface area contributed by atoms with E-state index in [0.29, 0.717) is 20.0 Å². The summed E-state index contributed by atoms with van der Waals surface area (Å²) in [4.78, 5) is 0. The van der Waals surface area contributed by atoms with Crippen molar-refractivity contribution in [3.63, 3.8) is 0 Å². The summed E-state index contributed by atoms with van der Waals surface area (Å²) in [6, 6.07) is 5.65. The molecule has 1 rings (SSSR count). The number of ether oxygens (including phenoxy) is 2. The Morgan fingerprint density at radius 3 is 1.88 bits per heavy atom. The molecular formula is C11H19N3O2. The third kappa shape index (κ3) is 4.06. The van der Waals surface area contributed by atoms with E-state index < -0.39 is 0 Å². The van der Waals surface area contributed by atoms with Crippen LogP contribution in [0.25, 0.3) is 0 Å². The van der Waals surface area contributed by atoms with Crippen LogP contribution in [-0.2, 0) is 6.54 Å². The first-order chi connectivity index (χ1) is 7.80. The fraction of sp³-hybridized carbons (Fsp3) is 0.455. The van der Waals surface area contributed by atoms with Crippen molar-refractivity contribution in [2.24, 2.45) is 5.73 Å². The van der Waals surface area contributed by atoms with Crippen molar-refractivity contribution >= 4 is 0 Å². The zero-order valence-electron chi connectivity index (χ0n) is 9.75. The molecule has 0 heterocycles. The van der Waals surface area contributed by atoms with Gasteiger partial charge >= 0.3 is 0 Å². The van der Waals surface area contributed by atoms with Gasteiger partial charge in [0, 0.05) is 12.6 Å². The predicted octanol–water partition coefficient (Wildman–Crippen LogP) is 0.257. The van der Waals surface area contributed by atoms with E-state index in [2.05, 4.69) is 10.6 Å². The van der Waals surface area contributed by atoms with E-state index in [4.69, 9.17) is 15.2 Å². The zero-order valence-corrected chi connectivity index (χ0v) is 9.75. The summed E-state index contributed by atoms with van der Waals surface area (Å²) in [5.41, 5.74) is 6.59. The molecule has 0 spiro atoms. The van der Waals surface area contributed by atoms with E-state index in [1.807, 2.05) is 32.3 Å². The van der Waals surface area contributed by atoms with Crippen LogP contribution >= 0.6 is 0 Å². The quantitative estimate of drug-likeness (QED) is 0.581. The second-order valence-electron chi connectivity index (χ2n) is 3.30. The lowest BCUT2D eigenvalue weighted by Gasteiger charge is -2.11. The van der Waals surface area contributed by atoms with Crippen molar-refractivity contribution in [2.45, 2.75) is 6.54 Å². The van der Waals surface area contributed by atoms with E-state index in [1.54, 1.807) is 0 Å². The van der Waals surface area contributed by atoms with Gasteiger partial charge in [0.05, 0.1) is 0 Å². The maximum absolute atomic E-state index is 5.60. The van der Waals surface area contributed by atoms with Crippen LogP contribution in [0, 0.1) is 0 Å². The molecule has 4 N–H and O–H groups in total. The lowest BCUT2D eigenvalue weighted by Crippen LogP contribution is -2.16. The topological polar surface area (TPSA) is 68.5 Å². The molecule has 0 aliphatic carbocycles. The number of hydrogen-bond acceptors (Lipinski definition) is 5. The van der Waals surface area contributed by atoms with Gasteiger partial charge in [-0.25, -0.2) is 0 Å². The Labute approximate surface area is 95.9 Å². The standard InChI is InChI=1S/C11H19N3O2/c1-13-7-15-10-3-9(6-12)4-11(5-10)16-8-14-2/h3-5,13-14H,6-8,12H2,1-2H3. The van der Waals surface area contributed by atoms with Crippen LogP contribution in [0.3, 0.4) is 0 Å². The Morgan fingerprint density at radius 2 is 1.50 bits per heavy atom. The average Bonchev–Trinajstić information content (AvgIpc) is 2.33. The van der Waals surface area contributed by atoms with Crippen LogP contribution in [0.1, 0.15) is 5.56 Å². The first-order valence-electron chi connectivity index (χ1n) is 5.19. The summed E-state index contributed by atoms with van der Waals surface area (Å²) in [5.74, 6) is 1.51. The van der Waals surface area contributed by atoms with Gasteiger partial charge in [-0.3, -0.25) is 10.6 Å². The van der Waals surface area contributed by atoms with Crippen LogP contribution in [0.4, 0.5) is 0 Å². The van der Waals surface area contributed by atoms with Gasteiger partial charge in [0.2, 0.25) is 0 Å². The van der Waals surface area contributed by atoms with Crippen LogP contribution in [0.5, 0.6) is 11.5 Å². The minimum Gasteiger partial charge on any atom is -0.478 e. The van der Waals surface area contributed by atoms with Crippen molar-refractivity contribution in [3.8, 4) is 11.5 Å². The molecule has 0 atom stereocenters. The Kier molecular flexibility index (Phi) is 5.63. The van der Waals surface area contributed by atoms with Gasteiger partial charge in [-0.1, -0.05) is 0 Å². The molecule has 0 aliphatic rings. The number of nitrogens with one attached hydrogen (secondary N) is 2. The second kappa shape index (κ2) is 7.05. The number of hydrogen-bond donors (Lipinski definition) is 3. The molecular weight excluding hydrogens is 206 g/mol. The summed E-state index contributed by atoms with van der Waals surface area (Å²) >= 11 is 0. The Bertz CT molecular complexity index is 292. The Balaban J connectivity index is 2.74. The van der Waals surface area contributed by atoms with E-state index in [9.17, 15) is 0 Å². The summed E-state index contributed by atoms with van der Waals surface area (Å²) in [5, 5.41) is 5.82. The summed E-state index contributed by atoms with van der Waals surface area (Å²) in [6.45, 7) is 1.38. The van der Waals surface area contributed by atoms with Crippen molar-refractivity contribution < 1.29 is 9.47 Å². The fourth-order valence-electron chi connectivity index (χ4n) is 1.23. The predicted molar refractivity (Wildman–Crippen MR) is 63.4 cm³/mol. The highest BCUT2D eigenvalue weighted by Gasteiger charge is 2.01. The van der Waals surface area contributed by atoms with Gasteiger partial charge in [-0.15, -0.1) is 0 Å². The Morgan fingerprint density at radius 1 is 1.00 bits per heavy atom. The van der Waals surface area contributed by atoms with Gasteiger partial charge in [-0.2, -0.15) is 0 Å². The van der Waals surface area contributed by atoms with E-state index in [0.717, 1.165) is 17.1 Å². The lowest BCUT2D eigenvalue weighted by molar-refractivity contribution is 0.281. The highest BCUT2D eigenvalue weighted by Crippen LogP contribution is 2.22. The fourth-order valence-corrected chi connectivity index (χ4v) is 1.23. The zero-order chi connectivity index (χ0) is 11.8. The molecule has 1 aromatic carbocycles. The molecule has 1 aromatic rings. The molecule has 0 amide bonds. The van der Waals surface area contributed by atoms with Gasteiger partial charge < -0.3 is 15.2 Å². The van der Waals surface area contributed by atoms with Crippen molar-refractivity contribution in [1.29, 1.82) is 0 Å². The van der Waals surface area contributed by atoms with Crippen LogP contribution in [-0.4, -0.2) is 27.6 Å². The molecule has 5 nitrogen and oxygen atoms in total. The largest absolute Gasteiger partial charge is 0.478 e. The minimum absolute atomic E-state index is 0.458. The van der Waals surface area contributed by atoms with Crippen LogP contribution in [0.2, 0.25) is 0 Å². The second-order valence-corrected chi connectivity index (χ2v) is 3.30. The maximum atomic E-state index is 5.60. The molecule has 0 aliphatic heterocycles. The van der Waals surface area contributed by atoms with E-state index in [1.165, 1.54) is 0 Å². The molecule has 5 heteroatoms. The average molecular weight is 225 g/mol. The van der Waals surface area contributed by atoms with Crippen molar-refractivity contribution in [3.05, 3.63) is 23.8 Å². The van der Waals surface area contributed by atoms with Crippen molar-refractivity contribution in [2.75, 3.05) is 27.6 Å². The van der Waals surface area contributed by atoms with Gasteiger partial charge in [0.25, 0.3) is 0 Å². The van der Waals surface area contributed by atoms with E-state index >= 15 is 0 Å². The molecule has 16 heavy (non-hydrogen) atoms. The minimum atomic E-state index is 0.458. The SMILES string of the molecule is CNCOc1cc(CN)cc(OCNC)c1. The van der Waals surface area contributed by atoms with Gasteiger partial charge in [-0.05, 0) is 31.8 Å². The van der Waals surface area contributed by atoms with Gasteiger partial charge in [0.15, 0.2) is 0 Å². The molecule has 90 valence electrons. The van der Waals surface area contributed by atoms with Crippen molar-refractivity contribution in [1.82, 2.24) is 10.6 Å². The third-order valence-electron chi connectivity index (χ3n) is 1.94. The third-order valence-corrected chi connectivity index (χ3v) is 1.94. The summed E-state index contributed by atoms with van der Waals surface area (Å²) in [7, 11) is 3.65. The molecule has 0 saturated carbocycles. The molecule has 0 unspecified atom stereocenters.